The van der Waals surface area contributed by atoms with Crippen LogP contribution in [0.1, 0.15) is 44.7 Å². The second-order valence-electron chi connectivity index (χ2n) is 14.1. The second kappa shape index (κ2) is 21.0. The number of aromatic carboxylic acids is 2. The molecule has 0 bridgehead atoms. The number of nitrogens with one attached hydrogen (secondary N) is 8. The molecule has 0 unspecified atom stereocenters. The lowest BCUT2D eigenvalue weighted by atomic mass is 10.1. The van der Waals surface area contributed by atoms with Crippen LogP contribution in [0, 0.1) is 0 Å². The molecule has 0 aliphatic carbocycles. The molecule has 356 valence electrons. The van der Waals surface area contributed by atoms with E-state index in [2.05, 4.69) is 53.2 Å². The molecule has 6 rings (SSSR count). The average molecular weight is 977 g/mol. The summed E-state index contributed by atoms with van der Waals surface area (Å²) >= 11 is 0. The van der Waals surface area contributed by atoms with Crippen LogP contribution in [0.15, 0.2) is 129 Å². The topological polar surface area (TPSA) is 385 Å². The molecular formula is C40H40N12O14S2. The van der Waals surface area contributed by atoms with Crippen LogP contribution in [0.3, 0.4) is 0 Å². The molecule has 2 heterocycles. The number of benzene rings is 4. The summed E-state index contributed by atoms with van der Waals surface area (Å²) in [6.45, 7) is -0.0601. The van der Waals surface area contributed by atoms with Gasteiger partial charge in [-0.15, -0.1) is 20.7 Å². The number of aliphatic carboxylic acids is 2. The highest BCUT2D eigenvalue weighted by Crippen LogP contribution is 2.27. The van der Waals surface area contributed by atoms with Gasteiger partial charge in [-0.2, -0.15) is 16.8 Å². The van der Waals surface area contributed by atoms with E-state index in [9.17, 15) is 55.3 Å². The maximum Gasteiger partial charge on any atom is 0.335 e. The molecule has 0 saturated heterocycles. The molecule has 4 aromatic carbocycles. The van der Waals surface area contributed by atoms with Gasteiger partial charge in [0, 0.05) is 36.6 Å². The number of rotatable bonds is 20. The summed E-state index contributed by atoms with van der Waals surface area (Å²) in [6.07, 6.45) is 4.77. The molecule has 0 aromatic heterocycles. The summed E-state index contributed by atoms with van der Waals surface area (Å²) in [6, 6.07) is 18.8. The van der Waals surface area contributed by atoms with Gasteiger partial charge in [0.1, 0.15) is 21.4 Å². The Kier molecular flexibility index (Phi) is 15.0. The van der Waals surface area contributed by atoms with E-state index in [0.717, 1.165) is 22.6 Å². The van der Waals surface area contributed by atoms with Gasteiger partial charge in [-0.1, -0.05) is 24.3 Å². The minimum atomic E-state index is -4.97. The Morgan fingerprint density at radius 2 is 0.897 bits per heavy atom. The summed E-state index contributed by atoms with van der Waals surface area (Å²) in [4.78, 5) is 43.5. The van der Waals surface area contributed by atoms with Gasteiger partial charge >= 0.3 is 23.9 Å². The van der Waals surface area contributed by atoms with Crippen molar-refractivity contribution in [3.05, 3.63) is 131 Å². The highest BCUT2D eigenvalue weighted by molar-refractivity contribution is 7.86. The Morgan fingerprint density at radius 3 is 1.22 bits per heavy atom. The van der Waals surface area contributed by atoms with Crippen molar-refractivity contribution in [2.24, 2.45) is 10.2 Å². The predicted octanol–water partition coefficient (Wildman–Crippen LogP) is 2.70. The number of hydrogen-bond donors (Lipinski definition) is 14. The van der Waals surface area contributed by atoms with Crippen LogP contribution in [0.4, 0.5) is 22.7 Å². The lowest BCUT2D eigenvalue weighted by Gasteiger charge is -2.29. The van der Waals surface area contributed by atoms with Crippen LogP contribution >= 0.6 is 0 Å². The standard InChI is InChI=1S/C40H40N12O14S2/c53-37(54)15-17-41-33-21-35(43-27-9-5-25(6-10-27)39(57)58)49-51(47-33)45-29-13-3-23(31(19-29)67(61,62)63)1-2-24-4-14-30(20-32(24)68(64,65)66)46-52-48-34(42-18-16-38(55)56)22-36(50-52)44-28-11-7-26(8-12-28)40(59)60/h1-14,19-22,43-46,49-50H,15-18H2,(H,41,47)(H,42,48)(H,53,54)(H,55,56)(H,57,58)(H,59,60)(H,61,62,63)(H,64,65,66)/b2-1+. The molecule has 0 amide bonds. The van der Waals surface area contributed by atoms with Crippen molar-refractivity contribution in [1.82, 2.24) is 31.9 Å². The minimum absolute atomic E-state index is 0.0301. The predicted molar refractivity (Wildman–Crippen MR) is 244 cm³/mol. The summed E-state index contributed by atoms with van der Waals surface area (Å²) in [5.74, 6) is -3.65. The van der Waals surface area contributed by atoms with E-state index in [-0.39, 0.29) is 82.9 Å². The molecule has 0 saturated carbocycles. The summed E-state index contributed by atoms with van der Waals surface area (Å²) in [7, 11) is -9.94. The highest BCUT2D eigenvalue weighted by atomic mass is 32.2. The smallest absolute Gasteiger partial charge is 0.335 e. The van der Waals surface area contributed by atoms with Gasteiger partial charge in [-0.3, -0.25) is 29.5 Å². The molecule has 0 fully saturated rings. The zero-order valence-electron chi connectivity index (χ0n) is 34.8. The summed E-state index contributed by atoms with van der Waals surface area (Å²) in [5, 5.41) is 59.0. The lowest BCUT2D eigenvalue weighted by Crippen LogP contribution is -2.45. The number of hydrogen-bond acceptors (Lipinski definition) is 20. The van der Waals surface area contributed by atoms with Crippen molar-refractivity contribution < 1.29 is 65.5 Å². The van der Waals surface area contributed by atoms with Gasteiger partial charge in [-0.25, -0.2) is 20.4 Å². The van der Waals surface area contributed by atoms with Crippen LogP contribution in [0.5, 0.6) is 0 Å². The van der Waals surface area contributed by atoms with E-state index in [1.54, 1.807) is 0 Å². The molecule has 14 N–H and O–H groups in total. The molecule has 26 nitrogen and oxygen atoms in total. The SMILES string of the molecule is O=C(O)CCNC1=NN(Nc2ccc(/C=C/c3ccc(NN4N=C(NCCC(=O)O)C=C(Nc5ccc(C(=O)O)cc5)N4)cc3S(=O)(=O)O)c(S(=O)(=O)O)c2)NC(Nc2ccc(C(=O)O)cc2)=C1. The average Bonchev–Trinajstić information content (AvgIpc) is 3.25. The molecular weight excluding hydrogens is 937 g/mol. The Balaban J connectivity index is 1.21. The van der Waals surface area contributed by atoms with Gasteiger partial charge in [-0.05, 0) is 83.9 Å². The molecule has 4 aromatic rings. The van der Waals surface area contributed by atoms with Gasteiger partial charge in [0.25, 0.3) is 20.2 Å². The number of carbonyl (C=O) groups is 4. The molecule has 28 heteroatoms. The summed E-state index contributed by atoms with van der Waals surface area (Å²) < 4.78 is 71.3. The maximum absolute atomic E-state index is 12.7. The number of carboxylic acid groups (broad SMARTS) is 4. The summed E-state index contributed by atoms with van der Waals surface area (Å²) in [5.41, 5.74) is 12.1. The van der Waals surface area contributed by atoms with E-state index < -0.39 is 53.9 Å². The van der Waals surface area contributed by atoms with Crippen LogP contribution in [0.2, 0.25) is 0 Å². The first-order chi connectivity index (χ1) is 32.2. The fraction of sp³-hybridized carbons (Fsp3) is 0.100. The van der Waals surface area contributed by atoms with Gasteiger partial charge in [0.2, 0.25) is 0 Å². The van der Waals surface area contributed by atoms with Gasteiger partial charge in [0.05, 0.1) is 35.3 Å². The molecule has 0 atom stereocenters. The fourth-order valence-corrected chi connectivity index (χ4v) is 7.37. The van der Waals surface area contributed by atoms with Crippen molar-refractivity contribution >= 4 is 90.7 Å². The van der Waals surface area contributed by atoms with E-state index in [1.165, 1.54) is 97.1 Å². The Bertz CT molecular complexity index is 2800. The van der Waals surface area contributed by atoms with E-state index in [0.29, 0.717) is 11.4 Å². The molecule has 68 heavy (non-hydrogen) atoms. The largest absolute Gasteiger partial charge is 0.481 e. The normalized spacial score (nSPS) is 13.7. The van der Waals surface area contributed by atoms with Crippen molar-refractivity contribution in [2.45, 2.75) is 22.6 Å². The van der Waals surface area contributed by atoms with E-state index in [1.807, 2.05) is 0 Å². The first-order valence-corrected chi connectivity index (χ1v) is 22.4. The third-order valence-electron chi connectivity index (χ3n) is 9.04. The molecule has 0 radical (unpaired) electrons. The number of hydrazone groups is 2. The van der Waals surface area contributed by atoms with Crippen LogP contribution < -0.4 is 43.0 Å². The van der Waals surface area contributed by atoms with Crippen molar-refractivity contribution in [3.63, 3.8) is 0 Å². The molecule has 2 aliphatic rings. The third-order valence-corrected chi connectivity index (χ3v) is 10.9. The Labute approximate surface area is 385 Å². The fourth-order valence-electron chi connectivity index (χ4n) is 5.95. The quantitative estimate of drug-likeness (QED) is 0.0447. The highest BCUT2D eigenvalue weighted by Gasteiger charge is 2.21. The zero-order valence-corrected chi connectivity index (χ0v) is 36.4. The second-order valence-corrected chi connectivity index (χ2v) is 16.9. The van der Waals surface area contributed by atoms with Crippen LogP contribution in [-0.2, 0) is 29.8 Å². The van der Waals surface area contributed by atoms with Crippen molar-refractivity contribution in [3.8, 4) is 0 Å². The minimum Gasteiger partial charge on any atom is -0.481 e. The van der Waals surface area contributed by atoms with Gasteiger partial charge in [0.15, 0.2) is 11.7 Å². The van der Waals surface area contributed by atoms with Crippen LogP contribution in [-0.4, -0.2) is 105 Å². The van der Waals surface area contributed by atoms with Crippen molar-refractivity contribution in [1.29, 1.82) is 0 Å². The van der Waals surface area contributed by atoms with Gasteiger partial charge < -0.3 is 41.7 Å². The number of amidine groups is 2. The number of hydrazine groups is 4. The zero-order chi connectivity index (χ0) is 49.2. The van der Waals surface area contributed by atoms with E-state index >= 15 is 0 Å². The first kappa shape index (κ1) is 48.6. The first-order valence-electron chi connectivity index (χ1n) is 19.5. The number of anilines is 4. The number of nitrogens with zero attached hydrogens (tertiary/aromatic N) is 4. The molecule has 2 aliphatic heterocycles. The molecule has 0 spiro atoms. The maximum atomic E-state index is 12.7. The lowest BCUT2D eigenvalue weighted by molar-refractivity contribution is -0.137. The van der Waals surface area contributed by atoms with Crippen LogP contribution in [0.25, 0.3) is 12.2 Å². The Hall–Kier alpha value is -8.86. The third kappa shape index (κ3) is 13.8. The monoisotopic (exact) mass is 976 g/mol. The van der Waals surface area contributed by atoms with E-state index in [4.69, 9.17) is 10.2 Å². The number of carboxylic acids is 4. The Morgan fingerprint density at radius 1 is 0.544 bits per heavy atom. The van der Waals surface area contributed by atoms with Crippen molar-refractivity contribution in [2.75, 3.05) is 34.6 Å².